The predicted octanol–water partition coefficient (Wildman–Crippen LogP) is 2.36. The molecule has 0 spiro atoms. The quantitative estimate of drug-likeness (QED) is 0.823. The van der Waals surface area contributed by atoms with Gasteiger partial charge in [-0.2, -0.15) is 0 Å². The molecule has 1 N–H and O–H groups in total. The summed E-state index contributed by atoms with van der Waals surface area (Å²) in [5, 5.41) is 2.81. The van der Waals surface area contributed by atoms with Gasteiger partial charge in [-0.05, 0) is 25.5 Å². The fourth-order valence-electron chi connectivity index (χ4n) is 1.32. The maximum atomic E-state index is 11.6. The van der Waals surface area contributed by atoms with E-state index in [4.69, 9.17) is 4.74 Å². The highest BCUT2D eigenvalue weighted by Crippen LogP contribution is 2.10. The molecule has 0 saturated heterocycles. The van der Waals surface area contributed by atoms with Crippen molar-refractivity contribution in [3.05, 3.63) is 29.8 Å². The predicted molar refractivity (Wildman–Crippen MR) is 60.9 cm³/mol. The van der Waals surface area contributed by atoms with E-state index in [1.165, 1.54) is 5.56 Å². The van der Waals surface area contributed by atoms with Gasteiger partial charge in [0.25, 0.3) is 5.91 Å². The molecular formula is C12H17NO2. The first-order valence-electron chi connectivity index (χ1n) is 5.07. The van der Waals surface area contributed by atoms with Crippen LogP contribution < -0.4 is 5.32 Å². The van der Waals surface area contributed by atoms with Gasteiger partial charge >= 0.3 is 0 Å². The van der Waals surface area contributed by atoms with Crippen molar-refractivity contribution in [3.8, 4) is 0 Å². The van der Waals surface area contributed by atoms with Crippen molar-refractivity contribution in [2.45, 2.75) is 26.4 Å². The molecular weight excluding hydrogens is 190 g/mol. The van der Waals surface area contributed by atoms with Crippen LogP contribution in [0, 0.1) is 6.92 Å². The Hall–Kier alpha value is -1.35. The first-order valence-corrected chi connectivity index (χ1v) is 5.07. The Morgan fingerprint density at radius 2 is 2.00 bits per heavy atom. The summed E-state index contributed by atoms with van der Waals surface area (Å²) in [5.41, 5.74) is 1.98. The Bertz CT molecular complexity index is 315. The van der Waals surface area contributed by atoms with Gasteiger partial charge in [0.15, 0.2) is 0 Å². The van der Waals surface area contributed by atoms with Crippen molar-refractivity contribution in [1.29, 1.82) is 0 Å². The molecule has 0 aliphatic heterocycles. The summed E-state index contributed by atoms with van der Waals surface area (Å²) < 4.78 is 5.05. The van der Waals surface area contributed by atoms with E-state index in [0.29, 0.717) is 6.42 Å². The molecule has 1 amide bonds. The van der Waals surface area contributed by atoms with Crippen LogP contribution in [-0.2, 0) is 9.53 Å². The zero-order chi connectivity index (χ0) is 11.3. The van der Waals surface area contributed by atoms with E-state index in [0.717, 1.165) is 5.69 Å². The lowest BCUT2D eigenvalue weighted by Crippen LogP contribution is -2.28. The van der Waals surface area contributed by atoms with Gasteiger partial charge in [-0.15, -0.1) is 0 Å². The number of ether oxygens (including phenoxy) is 1. The highest BCUT2D eigenvalue weighted by Gasteiger charge is 2.14. The molecule has 1 atom stereocenters. The van der Waals surface area contributed by atoms with Crippen LogP contribution in [-0.4, -0.2) is 19.1 Å². The van der Waals surface area contributed by atoms with Crippen LogP contribution in [0.4, 0.5) is 5.69 Å². The molecule has 1 aromatic carbocycles. The average molecular weight is 207 g/mol. The number of anilines is 1. The van der Waals surface area contributed by atoms with Crippen LogP contribution in [0.3, 0.4) is 0 Å². The van der Waals surface area contributed by atoms with Crippen molar-refractivity contribution in [1.82, 2.24) is 0 Å². The summed E-state index contributed by atoms with van der Waals surface area (Å²) >= 11 is 0. The van der Waals surface area contributed by atoms with Gasteiger partial charge in [0.2, 0.25) is 0 Å². The molecule has 3 heteroatoms. The fraction of sp³-hybridized carbons (Fsp3) is 0.417. The minimum atomic E-state index is -0.369. The second-order valence-electron chi connectivity index (χ2n) is 3.49. The van der Waals surface area contributed by atoms with Gasteiger partial charge in [-0.25, -0.2) is 0 Å². The molecule has 0 aliphatic carbocycles. The molecule has 1 unspecified atom stereocenters. The molecule has 0 saturated carbocycles. The number of hydrogen-bond donors (Lipinski definition) is 1. The summed E-state index contributed by atoms with van der Waals surface area (Å²) in [7, 11) is 1.54. The monoisotopic (exact) mass is 207 g/mol. The van der Waals surface area contributed by atoms with Crippen LogP contribution in [0.1, 0.15) is 18.9 Å². The summed E-state index contributed by atoms with van der Waals surface area (Å²) in [5.74, 6) is -0.0937. The summed E-state index contributed by atoms with van der Waals surface area (Å²) in [4.78, 5) is 11.6. The average Bonchev–Trinajstić information content (AvgIpc) is 2.23. The summed E-state index contributed by atoms with van der Waals surface area (Å²) in [6, 6.07) is 7.69. The Morgan fingerprint density at radius 3 is 2.47 bits per heavy atom. The molecule has 1 aromatic rings. The number of carbonyl (C=O) groups is 1. The molecule has 0 heterocycles. The molecule has 0 bridgehead atoms. The van der Waals surface area contributed by atoms with Crippen molar-refractivity contribution in [2.75, 3.05) is 12.4 Å². The molecule has 3 nitrogen and oxygen atoms in total. The largest absolute Gasteiger partial charge is 0.372 e. The third-order valence-corrected chi connectivity index (χ3v) is 2.27. The Balaban J connectivity index is 2.61. The van der Waals surface area contributed by atoms with Crippen molar-refractivity contribution in [3.63, 3.8) is 0 Å². The zero-order valence-corrected chi connectivity index (χ0v) is 9.41. The third kappa shape index (κ3) is 3.36. The second-order valence-corrected chi connectivity index (χ2v) is 3.49. The maximum Gasteiger partial charge on any atom is 0.253 e. The van der Waals surface area contributed by atoms with E-state index in [9.17, 15) is 4.79 Å². The highest BCUT2D eigenvalue weighted by molar-refractivity contribution is 5.94. The smallest absolute Gasteiger partial charge is 0.253 e. The molecule has 0 fully saturated rings. The zero-order valence-electron chi connectivity index (χ0n) is 9.41. The topological polar surface area (TPSA) is 38.3 Å². The van der Waals surface area contributed by atoms with E-state index in [1.807, 2.05) is 38.1 Å². The van der Waals surface area contributed by atoms with Gasteiger partial charge in [-0.1, -0.05) is 24.6 Å². The van der Waals surface area contributed by atoms with E-state index in [-0.39, 0.29) is 12.0 Å². The number of aryl methyl sites for hydroxylation is 1. The van der Waals surface area contributed by atoms with Gasteiger partial charge in [0, 0.05) is 12.8 Å². The summed E-state index contributed by atoms with van der Waals surface area (Å²) in [6.45, 7) is 3.93. The van der Waals surface area contributed by atoms with E-state index in [1.54, 1.807) is 7.11 Å². The third-order valence-electron chi connectivity index (χ3n) is 2.27. The molecule has 1 rings (SSSR count). The van der Waals surface area contributed by atoms with E-state index in [2.05, 4.69) is 5.32 Å². The lowest BCUT2D eigenvalue weighted by atomic mass is 10.2. The number of nitrogens with one attached hydrogen (secondary N) is 1. The van der Waals surface area contributed by atoms with Crippen molar-refractivity contribution >= 4 is 11.6 Å². The molecule has 0 aromatic heterocycles. The second kappa shape index (κ2) is 5.51. The normalized spacial score (nSPS) is 12.2. The van der Waals surface area contributed by atoms with Crippen LogP contribution in [0.15, 0.2) is 24.3 Å². The Labute approximate surface area is 90.4 Å². The highest BCUT2D eigenvalue weighted by atomic mass is 16.5. The SMILES string of the molecule is CCC(OC)C(=O)Nc1ccc(C)cc1. The lowest BCUT2D eigenvalue weighted by Gasteiger charge is -2.13. The molecule has 0 aliphatic rings. The number of benzene rings is 1. The maximum absolute atomic E-state index is 11.6. The number of rotatable bonds is 4. The molecule has 15 heavy (non-hydrogen) atoms. The number of amides is 1. The van der Waals surface area contributed by atoms with Gasteiger partial charge in [0.1, 0.15) is 6.10 Å². The van der Waals surface area contributed by atoms with E-state index < -0.39 is 0 Å². The first kappa shape index (κ1) is 11.7. The van der Waals surface area contributed by atoms with Crippen LogP contribution in [0.2, 0.25) is 0 Å². The minimum Gasteiger partial charge on any atom is -0.372 e. The lowest BCUT2D eigenvalue weighted by molar-refractivity contribution is -0.125. The van der Waals surface area contributed by atoms with Crippen LogP contribution >= 0.6 is 0 Å². The van der Waals surface area contributed by atoms with Crippen molar-refractivity contribution < 1.29 is 9.53 Å². The number of methoxy groups -OCH3 is 1. The fourth-order valence-corrected chi connectivity index (χ4v) is 1.32. The standard InChI is InChI=1S/C12H17NO2/c1-4-11(15-3)12(14)13-10-7-5-9(2)6-8-10/h5-8,11H,4H2,1-3H3,(H,13,14). The number of hydrogen-bond acceptors (Lipinski definition) is 2. The number of carbonyl (C=O) groups excluding carboxylic acids is 1. The minimum absolute atomic E-state index is 0.0937. The Morgan fingerprint density at radius 1 is 1.40 bits per heavy atom. The van der Waals surface area contributed by atoms with Gasteiger partial charge < -0.3 is 10.1 Å². The van der Waals surface area contributed by atoms with Gasteiger partial charge in [-0.3, -0.25) is 4.79 Å². The van der Waals surface area contributed by atoms with Crippen molar-refractivity contribution in [2.24, 2.45) is 0 Å². The van der Waals surface area contributed by atoms with Crippen LogP contribution in [0.25, 0.3) is 0 Å². The molecule has 82 valence electrons. The molecule has 0 radical (unpaired) electrons. The Kier molecular flexibility index (Phi) is 4.31. The van der Waals surface area contributed by atoms with Gasteiger partial charge in [0.05, 0.1) is 0 Å². The van der Waals surface area contributed by atoms with Crippen LogP contribution in [0.5, 0.6) is 0 Å². The first-order chi connectivity index (χ1) is 7.17. The summed E-state index contributed by atoms with van der Waals surface area (Å²) in [6.07, 6.45) is 0.306. The van der Waals surface area contributed by atoms with E-state index >= 15 is 0 Å².